The standard InChI is InChI=1S/C28H44O4/c1-18(2)19(3)7-8-20(4)28(30)14-11-23-25(28,6)13-10-22-24(5)12-9-21(29)17-26(24)15-16-27(22,23)32-31-26/h7-8,15-16,18-23,29-30H,9-14,17H2,1-6H3/b8-7+/t19-,20+,21-,22+,23+,24+,25-,26+,27+,28-/m0/s1. The van der Waals surface area contributed by atoms with Gasteiger partial charge in [0.1, 0.15) is 11.2 Å². The minimum Gasteiger partial charge on any atom is -0.393 e. The summed E-state index contributed by atoms with van der Waals surface area (Å²) in [5.74, 6) is 1.81. The van der Waals surface area contributed by atoms with Crippen molar-refractivity contribution in [1.29, 1.82) is 0 Å². The van der Waals surface area contributed by atoms with Gasteiger partial charge in [0.05, 0.1) is 11.7 Å². The highest BCUT2D eigenvalue weighted by atomic mass is 17.2. The van der Waals surface area contributed by atoms with E-state index >= 15 is 0 Å². The largest absolute Gasteiger partial charge is 0.393 e. The maximum atomic E-state index is 12.2. The SMILES string of the molecule is CC(C)[C@@H](C)/C=C/[C@@H](C)[C@@]1(O)CC[C@H]2[C@@]34C=C[C@]5(C[C@@H](O)CC[C@]5(C)[C@H]3CC[C@@]21C)OO4. The fraction of sp³-hybridized carbons (Fsp3) is 0.857. The third-order valence-electron chi connectivity index (χ3n) is 11.3. The topological polar surface area (TPSA) is 58.9 Å². The molecule has 2 aliphatic heterocycles. The molecule has 0 aromatic heterocycles. The van der Waals surface area contributed by atoms with Crippen LogP contribution in [0.15, 0.2) is 24.3 Å². The Bertz CT molecular complexity index is 820. The molecule has 6 aliphatic rings. The summed E-state index contributed by atoms with van der Waals surface area (Å²) in [6, 6.07) is 0. The van der Waals surface area contributed by atoms with Gasteiger partial charge in [0.2, 0.25) is 0 Å². The number of aliphatic hydroxyl groups is 2. The number of allylic oxidation sites excluding steroid dienone is 1. The lowest BCUT2D eigenvalue weighted by atomic mass is 9.42. The van der Waals surface area contributed by atoms with Gasteiger partial charge in [-0.1, -0.05) is 59.8 Å². The van der Waals surface area contributed by atoms with Crippen LogP contribution in [-0.2, 0) is 9.78 Å². The fourth-order valence-corrected chi connectivity index (χ4v) is 8.62. The van der Waals surface area contributed by atoms with E-state index in [0.29, 0.717) is 24.2 Å². The van der Waals surface area contributed by atoms with Crippen LogP contribution in [0.5, 0.6) is 0 Å². The number of rotatable bonds is 4. The summed E-state index contributed by atoms with van der Waals surface area (Å²) in [6.07, 6.45) is 15.0. The molecule has 2 bridgehead atoms. The minimum atomic E-state index is -0.739. The lowest BCUT2D eigenvalue weighted by Crippen LogP contribution is -2.74. The van der Waals surface area contributed by atoms with Crippen molar-refractivity contribution >= 4 is 0 Å². The molecule has 3 saturated carbocycles. The molecule has 1 saturated heterocycles. The van der Waals surface area contributed by atoms with Gasteiger partial charge in [-0.2, -0.15) is 0 Å². The van der Waals surface area contributed by atoms with Crippen LogP contribution in [0, 0.1) is 40.4 Å². The van der Waals surface area contributed by atoms with Gasteiger partial charge in [0, 0.05) is 35.0 Å². The lowest BCUT2D eigenvalue weighted by molar-refractivity contribution is -0.498. The quantitative estimate of drug-likeness (QED) is 0.438. The predicted octanol–water partition coefficient (Wildman–Crippen LogP) is 5.59. The molecule has 4 fully saturated rings. The molecule has 2 N–H and O–H groups in total. The summed E-state index contributed by atoms with van der Waals surface area (Å²) in [4.78, 5) is 12.6. The van der Waals surface area contributed by atoms with Crippen LogP contribution >= 0.6 is 0 Å². The molecule has 32 heavy (non-hydrogen) atoms. The third kappa shape index (κ3) is 2.70. The Morgan fingerprint density at radius 2 is 1.53 bits per heavy atom. The Morgan fingerprint density at radius 3 is 2.19 bits per heavy atom. The average molecular weight is 445 g/mol. The second-order valence-corrected chi connectivity index (χ2v) is 12.9. The lowest BCUT2D eigenvalue weighted by Gasteiger charge is -2.69. The molecule has 6 rings (SSSR count). The number of hydrogen-bond acceptors (Lipinski definition) is 4. The van der Waals surface area contributed by atoms with Crippen molar-refractivity contribution in [3.63, 3.8) is 0 Å². The Hall–Kier alpha value is -0.680. The molecular formula is C28H44O4. The van der Waals surface area contributed by atoms with E-state index in [4.69, 9.17) is 9.78 Å². The molecule has 2 spiro atoms. The van der Waals surface area contributed by atoms with Crippen LogP contribution in [0.1, 0.15) is 86.5 Å². The van der Waals surface area contributed by atoms with Gasteiger partial charge in [-0.3, -0.25) is 0 Å². The van der Waals surface area contributed by atoms with Gasteiger partial charge < -0.3 is 10.2 Å². The third-order valence-corrected chi connectivity index (χ3v) is 11.3. The highest BCUT2D eigenvalue weighted by molar-refractivity contribution is 5.34. The smallest absolute Gasteiger partial charge is 0.130 e. The van der Waals surface area contributed by atoms with Crippen molar-refractivity contribution in [3.8, 4) is 0 Å². The van der Waals surface area contributed by atoms with Gasteiger partial charge in [0.25, 0.3) is 0 Å². The first-order valence-corrected chi connectivity index (χ1v) is 13.1. The number of aliphatic hydroxyl groups excluding tert-OH is 1. The zero-order chi connectivity index (χ0) is 23.2. The number of fused-ring (bicyclic) bond motifs is 2. The number of hydrogen-bond donors (Lipinski definition) is 2. The molecule has 0 aromatic carbocycles. The van der Waals surface area contributed by atoms with Gasteiger partial charge in [-0.05, 0) is 56.4 Å². The zero-order valence-electron chi connectivity index (χ0n) is 20.9. The molecule has 0 amide bonds. The van der Waals surface area contributed by atoms with E-state index in [1.807, 2.05) is 0 Å². The van der Waals surface area contributed by atoms with E-state index in [0.717, 1.165) is 38.5 Å². The fourth-order valence-electron chi connectivity index (χ4n) is 8.62. The van der Waals surface area contributed by atoms with Crippen molar-refractivity contribution in [2.45, 2.75) is 109 Å². The van der Waals surface area contributed by atoms with Crippen LogP contribution in [0.2, 0.25) is 0 Å². The molecule has 10 atom stereocenters. The average Bonchev–Trinajstić information content (AvgIpc) is 3.04. The second kappa shape index (κ2) is 7.16. The second-order valence-electron chi connectivity index (χ2n) is 12.9. The van der Waals surface area contributed by atoms with Crippen LogP contribution in [0.25, 0.3) is 0 Å². The maximum Gasteiger partial charge on any atom is 0.130 e. The summed E-state index contributed by atoms with van der Waals surface area (Å²) in [7, 11) is 0. The zero-order valence-corrected chi connectivity index (χ0v) is 20.9. The Balaban J connectivity index is 1.49. The van der Waals surface area contributed by atoms with Gasteiger partial charge >= 0.3 is 0 Å². The molecule has 4 aliphatic carbocycles. The van der Waals surface area contributed by atoms with Crippen molar-refractivity contribution in [2.75, 3.05) is 0 Å². The molecule has 4 heteroatoms. The van der Waals surface area contributed by atoms with E-state index in [2.05, 4.69) is 65.8 Å². The van der Waals surface area contributed by atoms with Crippen molar-refractivity contribution in [2.24, 2.45) is 40.4 Å². The Labute approximate surface area is 194 Å². The van der Waals surface area contributed by atoms with Crippen LogP contribution in [0.4, 0.5) is 0 Å². The molecule has 0 aromatic rings. The molecule has 0 unspecified atom stereocenters. The Morgan fingerprint density at radius 1 is 0.875 bits per heavy atom. The highest BCUT2D eigenvalue weighted by Gasteiger charge is 2.76. The van der Waals surface area contributed by atoms with E-state index in [-0.39, 0.29) is 28.8 Å². The molecule has 2 heterocycles. The monoisotopic (exact) mass is 444 g/mol. The Kier molecular flexibility index (Phi) is 5.17. The van der Waals surface area contributed by atoms with Crippen LogP contribution in [0.3, 0.4) is 0 Å². The molecular weight excluding hydrogens is 400 g/mol. The normalized spacial score (nSPS) is 53.8. The minimum absolute atomic E-state index is 0.0283. The van der Waals surface area contributed by atoms with Crippen molar-refractivity contribution in [3.05, 3.63) is 24.3 Å². The van der Waals surface area contributed by atoms with Crippen LogP contribution < -0.4 is 0 Å². The van der Waals surface area contributed by atoms with Crippen molar-refractivity contribution in [1.82, 2.24) is 0 Å². The predicted molar refractivity (Wildman–Crippen MR) is 126 cm³/mol. The molecule has 4 nitrogen and oxygen atoms in total. The van der Waals surface area contributed by atoms with E-state index in [1.165, 1.54) is 0 Å². The summed E-state index contributed by atoms with van der Waals surface area (Å²) >= 11 is 0. The first-order valence-electron chi connectivity index (χ1n) is 13.1. The van der Waals surface area contributed by atoms with E-state index in [9.17, 15) is 10.2 Å². The summed E-state index contributed by atoms with van der Waals surface area (Å²) in [5, 5.41) is 22.6. The first-order chi connectivity index (χ1) is 14.9. The summed E-state index contributed by atoms with van der Waals surface area (Å²) in [6.45, 7) is 13.6. The van der Waals surface area contributed by atoms with E-state index < -0.39 is 16.8 Å². The molecule has 180 valence electrons. The summed E-state index contributed by atoms with van der Waals surface area (Å²) < 4.78 is 0. The first kappa shape index (κ1) is 23.1. The molecule has 0 radical (unpaired) electrons. The van der Waals surface area contributed by atoms with Gasteiger partial charge in [0.15, 0.2) is 0 Å². The van der Waals surface area contributed by atoms with E-state index in [1.54, 1.807) is 0 Å². The summed E-state index contributed by atoms with van der Waals surface area (Å²) in [5.41, 5.74) is -1.96. The van der Waals surface area contributed by atoms with Gasteiger partial charge in [-0.15, -0.1) is 0 Å². The van der Waals surface area contributed by atoms with Crippen LogP contribution in [-0.4, -0.2) is 33.1 Å². The maximum absolute atomic E-state index is 12.2. The van der Waals surface area contributed by atoms with Crippen molar-refractivity contribution < 1.29 is 20.0 Å². The van der Waals surface area contributed by atoms with Gasteiger partial charge in [-0.25, -0.2) is 9.78 Å². The highest BCUT2D eigenvalue weighted by Crippen LogP contribution is 2.73.